The minimum Gasteiger partial charge on any atom is -0.344 e. The Labute approximate surface area is 143 Å². The van der Waals surface area contributed by atoms with E-state index in [0.717, 1.165) is 12.8 Å². The maximum atomic E-state index is 12.2. The summed E-state index contributed by atoms with van der Waals surface area (Å²) in [7, 11) is 1.79. The van der Waals surface area contributed by atoms with Crippen LogP contribution < -0.4 is 10.6 Å². The highest BCUT2D eigenvalue weighted by Gasteiger charge is 2.42. The molecular weight excluding hydrogens is 302 g/mol. The number of carbonyl (C=O) groups is 2. The number of carbonyl (C=O) groups excluding carboxylic acids is 2. The van der Waals surface area contributed by atoms with Crippen LogP contribution in [0.4, 0.5) is 4.79 Å². The van der Waals surface area contributed by atoms with Gasteiger partial charge in [-0.05, 0) is 44.1 Å². The summed E-state index contributed by atoms with van der Waals surface area (Å²) in [6.45, 7) is 4.79. The molecule has 24 heavy (non-hydrogen) atoms. The number of piperidine rings is 1. The third-order valence-corrected chi connectivity index (χ3v) is 5.27. The Bertz CT molecular complexity index is 631. The van der Waals surface area contributed by atoms with Crippen molar-refractivity contribution in [3.8, 4) is 0 Å². The SMILES string of the molecule is Cc1cccc([C@@H]2C[C@@H]2[C@H](C)NC(=O)N[C@@H]2CCC(=O)N(C)C2)c1. The largest absolute Gasteiger partial charge is 0.344 e. The Morgan fingerprint density at radius 2 is 2.17 bits per heavy atom. The highest BCUT2D eigenvalue weighted by Crippen LogP contribution is 2.49. The number of hydrogen-bond donors (Lipinski definition) is 2. The molecule has 1 aliphatic heterocycles. The predicted molar refractivity (Wildman–Crippen MR) is 93.8 cm³/mol. The standard InChI is InChI=1S/C19H27N3O2/c1-12-5-4-6-14(9-12)17-10-16(17)13(2)20-19(24)21-15-7-8-18(23)22(3)11-15/h4-6,9,13,15-17H,7-8,10-11H2,1-3H3,(H2,20,21,24)/t13-,15+,16+,17-/m0/s1. The highest BCUT2D eigenvalue weighted by molar-refractivity contribution is 5.78. The van der Waals surface area contributed by atoms with Gasteiger partial charge in [-0.25, -0.2) is 4.79 Å². The number of urea groups is 1. The van der Waals surface area contributed by atoms with E-state index in [4.69, 9.17) is 0 Å². The quantitative estimate of drug-likeness (QED) is 0.891. The molecule has 4 atom stereocenters. The van der Waals surface area contributed by atoms with E-state index in [2.05, 4.69) is 48.7 Å². The summed E-state index contributed by atoms with van der Waals surface area (Å²) < 4.78 is 0. The summed E-state index contributed by atoms with van der Waals surface area (Å²) in [5.41, 5.74) is 2.66. The van der Waals surface area contributed by atoms with E-state index in [-0.39, 0.29) is 24.0 Å². The van der Waals surface area contributed by atoms with Crippen LogP contribution in [-0.2, 0) is 4.79 Å². The second kappa shape index (κ2) is 6.83. The zero-order valence-corrected chi connectivity index (χ0v) is 14.7. The van der Waals surface area contributed by atoms with Crippen LogP contribution in [0.25, 0.3) is 0 Å². The van der Waals surface area contributed by atoms with Gasteiger partial charge >= 0.3 is 6.03 Å². The van der Waals surface area contributed by atoms with Crippen molar-refractivity contribution >= 4 is 11.9 Å². The Morgan fingerprint density at radius 1 is 1.38 bits per heavy atom. The van der Waals surface area contributed by atoms with Crippen molar-refractivity contribution in [2.45, 2.75) is 51.1 Å². The number of likely N-dealkylation sites (N-methyl/N-ethyl adjacent to an activating group) is 1. The van der Waals surface area contributed by atoms with E-state index < -0.39 is 0 Å². The number of amides is 3. The molecule has 0 radical (unpaired) electrons. The van der Waals surface area contributed by atoms with Gasteiger partial charge in [0.1, 0.15) is 0 Å². The molecule has 1 heterocycles. The van der Waals surface area contributed by atoms with Crippen molar-refractivity contribution in [1.29, 1.82) is 0 Å². The van der Waals surface area contributed by atoms with Crippen LogP contribution in [0.15, 0.2) is 24.3 Å². The molecule has 130 valence electrons. The van der Waals surface area contributed by atoms with Crippen molar-refractivity contribution < 1.29 is 9.59 Å². The summed E-state index contributed by atoms with van der Waals surface area (Å²) >= 11 is 0. The number of nitrogens with one attached hydrogen (secondary N) is 2. The Kier molecular flexibility index (Phi) is 4.78. The molecule has 0 spiro atoms. The molecule has 1 aromatic rings. The minimum absolute atomic E-state index is 0.0478. The fourth-order valence-electron chi connectivity index (χ4n) is 3.72. The summed E-state index contributed by atoms with van der Waals surface area (Å²) in [6.07, 6.45) is 2.36. The van der Waals surface area contributed by atoms with Crippen LogP contribution in [0.1, 0.15) is 43.2 Å². The number of aryl methyl sites for hydroxylation is 1. The highest BCUT2D eigenvalue weighted by atomic mass is 16.2. The van der Waals surface area contributed by atoms with E-state index in [1.54, 1.807) is 11.9 Å². The van der Waals surface area contributed by atoms with Gasteiger partial charge in [-0.3, -0.25) is 4.79 Å². The normalized spacial score (nSPS) is 27.5. The zero-order chi connectivity index (χ0) is 17.3. The fourth-order valence-corrected chi connectivity index (χ4v) is 3.72. The molecule has 0 bridgehead atoms. The summed E-state index contributed by atoms with van der Waals surface area (Å²) in [4.78, 5) is 25.4. The average Bonchev–Trinajstić information content (AvgIpc) is 3.31. The van der Waals surface area contributed by atoms with Crippen molar-refractivity contribution in [3.05, 3.63) is 35.4 Å². The predicted octanol–water partition coefficient (Wildman–Crippen LogP) is 2.41. The average molecular weight is 329 g/mol. The van der Waals surface area contributed by atoms with Crippen LogP contribution in [0.5, 0.6) is 0 Å². The third kappa shape index (κ3) is 3.89. The molecule has 1 saturated carbocycles. The van der Waals surface area contributed by atoms with E-state index in [1.165, 1.54) is 11.1 Å². The maximum Gasteiger partial charge on any atom is 0.315 e. The third-order valence-electron chi connectivity index (χ3n) is 5.27. The van der Waals surface area contributed by atoms with Gasteiger partial charge in [-0.1, -0.05) is 29.8 Å². The molecule has 1 saturated heterocycles. The van der Waals surface area contributed by atoms with Crippen molar-refractivity contribution in [2.75, 3.05) is 13.6 Å². The second-order valence-electron chi connectivity index (χ2n) is 7.34. The Hall–Kier alpha value is -2.04. The molecule has 1 aromatic carbocycles. The first-order valence-electron chi connectivity index (χ1n) is 8.81. The minimum atomic E-state index is -0.120. The number of hydrogen-bond acceptors (Lipinski definition) is 2. The lowest BCUT2D eigenvalue weighted by Gasteiger charge is -2.30. The van der Waals surface area contributed by atoms with Gasteiger partial charge in [-0.15, -0.1) is 0 Å². The van der Waals surface area contributed by atoms with Gasteiger partial charge < -0.3 is 15.5 Å². The van der Waals surface area contributed by atoms with E-state index in [9.17, 15) is 9.59 Å². The first kappa shape index (κ1) is 16.8. The van der Waals surface area contributed by atoms with Gasteiger partial charge in [0, 0.05) is 32.1 Å². The van der Waals surface area contributed by atoms with Crippen LogP contribution in [0.3, 0.4) is 0 Å². The van der Waals surface area contributed by atoms with Gasteiger partial charge in [-0.2, -0.15) is 0 Å². The Morgan fingerprint density at radius 3 is 2.88 bits per heavy atom. The summed E-state index contributed by atoms with van der Waals surface area (Å²) in [5.74, 6) is 1.22. The number of likely N-dealkylation sites (tertiary alicyclic amines) is 1. The van der Waals surface area contributed by atoms with Gasteiger partial charge in [0.2, 0.25) is 5.91 Å². The Balaban J connectivity index is 1.46. The van der Waals surface area contributed by atoms with Crippen LogP contribution in [0.2, 0.25) is 0 Å². The topological polar surface area (TPSA) is 61.4 Å². The second-order valence-corrected chi connectivity index (χ2v) is 7.34. The van der Waals surface area contributed by atoms with Crippen LogP contribution in [-0.4, -0.2) is 42.5 Å². The monoisotopic (exact) mass is 329 g/mol. The summed E-state index contributed by atoms with van der Waals surface area (Å²) in [5, 5.41) is 6.08. The zero-order valence-electron chi connectivity index (χ0n) is 14.7. The molecule has 1 aliphatic carbocycles. The van der Waals surface area contributed by atoms with Gasteiger partial charge in [0.25, 0.3) is 0 Å². The molecule has 3 amide bonds. The number of rotatable bonds is 4. The van der Waals surface area contributed by atoms with Crippen molar-refractivity contribution in [2.24, 2.45) is 5.92 Å². The molecule has 2 aliphatic rings. The maximum absolute atomic E-state index is 12.2. The lowest BCUT2D eigenvalue weighted by molar-refractivity contribution is -0.132. The first-order valence-corrected chi connectivity index (χ1v) is 8.81. The van der Waals surface area contributed by atoms with Crippen LogP contribution in [0, 0.1) is 12.8 Å². The first-order chi connectivity index (χ1) is 11.4. The van der Waals surface area contributed by atoms with Crippen LogP contribution >= 0.6 is 0 Å². The molecule has 0 unspecified atom stereocenters. The molecule has 0 aromatic heterocycles. The van der Waals surface area contributed by atoms with Crippen molar-refractivity contribution in [1.82, 2.24) is 15.5 Å². The number of nitrogens with zero attached hydrogens (tertiary/aromatic N) is 1. The molecule has 3 rings (SSSR count). The number of benzene rings is 1. The molecule has 5 heteroatoms. The lowest BCUT2D eigenvalue weighted by atomic mass is 10.0. The van der Waals surface area contributed by atoms with Gasteiger partial charge in [0.05, 0.1) is 0 Å². The molecule has 2 N–H and O–H groups in total. The fraction of sp³-hybridized carbons (Fsp3) is 0.579. The summed E-state index contributed by atoms with van der Waals surface area (Å²) in [6, 6.07) is 8.72. The smallest absolute Gasteiger partial charge is 0.315 e. The molecular formula is C19H27N3O2. The van der Waals surface area contributed by atoms with E-state index >= 15 is 0 Å². The molecule has 2 fully saturated rings. The van der Waals surface area contributed by atoms with E-state index in [1.807, 2.05) is 0 Å². The van der Waals surface area contributed by atoms with Gasteiger partial charge in [0.15, 0.2) is 0 Å². The molecule has 5 nitrogen and oxygen atoms in total. The van der Waals surface area contributed by atoms with E-state index in [0.29, 0.717) is 24.8 Å². The lowest BCUT2D eigenvalue weighted by Crippen LogP contribution is -2.52. The van der Waals surface area contributed by atoms with Crippen molar-refractivity contribution in [3.63, 3.8) is 0 Å².